The van der Waals surface area contributed by atoms with Gasteiger partial charge in [0.05, 0.1) is 6.61 Å². The second-order valence-corrected chi connectivity index (χ2v) is 7.15. The lowest BCUT2D eigenvalue weighted by atomic mass is 10.1. The molecule has 0 radical (unpaired) electrons. The minimum Gasteiger partial charge on any atom is -0.494 e. The van der Waals surface area contributed by atoms with Crippen molar-refractivity contribution < 1.29 is 9.53 Å². The highest BCUT2D eigenvalue weighted by Gasteiger charge is 2.20. The molecule has 3 aromatic rings. The molecule has 1 aromatic heterocycles. The second-order valence-electron chi connectivity index (χ2n) is 6.72. The third-order valence-electron chi connectivity index (χ3n) is 4.43. The molecule has 0 fully saturated rings. The molecule has 0 saturated carbocycles. The number of nitrogens with one attached hydrogen (secondary N) is 1. The summed E-state index contributed by atoms with van der Waals surface area (Å²) >= 11 is 6.00. The van der Waals surface area contributed by atoms with E-state index in [-0.39, 0.29) is 11.9 Å². The Morgan fingerprint density at radius 3 is 2.71 bits per heavy atom. The summed E-state index contributed by atoms with van der Waals surface area (Å²) in [5.41, 5.74) is 2.08. The highest BCUT2D eigenvalue weighted by atomic mass is 35.5. The number of carbonyl (C=O) groups is 1. The first-order valence-corrected chi connectivity index (χ1v) is 9.62. The van der Waals surface area contributed by atoms with Crippen molar-refractivity contribution in [2.24, 2.45) is 7.05 Å². The maximum Gasteiger partial charge on any atom is 0.220 e. The molecular weight excluding hydrogens is 374 g/mol. The molecule has 0 aliphatic rings. The first kappa shape index (κ1) is 20.0. The predicted molar refractivity (Wildman–Crippen MR) is 111 cm³/mol. The van der Waals surface area contributed by atoms with E-state index in [4.69, 9.17) is 16.3 Å². The van der Waals surface area contributed by atoms with Crippen LogP contribution in [0.2, 0.25) is 5.02 Å². The molecule has 3 rings (SSSR count). The number of hydrogen-bond donors (Lipinski definition) is 1. The number of carbonyl (C=O) groups excluding carboxylic acids is 1. The van der Waals surface area contributed by atoms with Gasteiger partial charge in [0, 0.05) is 30.9 Å². The predicted octanol–water partition coefficient (Wildman–Crippen LogP) is 4.45. The van der Waals surface area contributed by atoms with Gasteiger partial charge in [0.2, 0.25) is 5.91 Å². The molecule has 0 unspecified atom stereocenters. The van der Waals surface area contributed by atoms with Gasteiger partial charge in [-0.1, -0.05) is 35.9 Å². The average molecular weight is 398 g/mol. The fourth-order valence-electron chi connectivity index (χ4n) is 2.97. The largest absolute Gasteiger partial charge is 0.494 e. The van der Waals surface area contributed by atoms with Gasteiger partial charge in [-0.2, -0.15) is 0 Å². The minimum atomic E-state index is -0.331. The molecule has 1 atom stereocenters. The fraction of sp³-hybridized carbons (Fsp3) is 0.273. The van der Waals surface area contributed by atoms with Crippen LogP contribution in [0, 0.1) is 6.92 Å². The molecule has 146 valence electrons. The number of aryl methyl sites for hydroxylation is 2. The van der Waals surface area contributed by atoms with Crippen molar-refractivity contribution in [2.75, 3.05) is 6.61 Å². The van der Waals surface area contributed by atoms with E-state index in [1.807, 2.05) is 73.3 Å². The maximum absolute atomic E-state index is 12.5. The van der Waals surface area contributed by atoms with Crippen molar-refractivity contribution >= 4 is 17.5 Å². The summed E-state index contributed by atoms with van der Waals surface area (Å²) in [7, 11) is 1.91. The van der Waals surface area contributed by atoms with E-state index in [1.165, 1.54) is 0 Å². The second kappa shape index (κ2) is 9.42. The normalized spacial score (nSPS) is 11.8. The summed E-state index contributed by atoms with van der Waals surface area (Å²) in [5.74, 6) is 1.55. The Hall–Kier alpha value is -2.79. The monoisotopic (exact) mass is 397 g/mol. The Kier molecular flexibility index (Phi) is 6.71. The van der Waals surface area contributed by atoms with E-state index < -0.39 is 0 Å². The summed E-state index contributed by atoms with van der Waals surface area (Å²) in [4.78, 5) is 16.9. The first-order chi connectivity index (χ1) is 13.5. The van der Waals surface area contributed by atoms with Crippen LogP contribution in [0.4, 0.5) is 0 Å². The number of imidazole rings is 1. The lowest BCUT2D eigenvalue weighted by Gasteiger charge is -2.19. The Morgan fingerprint density at radius 1 is 1.25 bits per heavy atom. The third kappa shape index (κ3) is 5.36. The van der Waals surface area contributed by atoms with Gasteiger partial charge in [0.15, 0.2) is 0 Å². The van der Waals surface area contributed by atoms with Gasteiger partial charge in [0.25, 0.3) is 0 Å². The summed E-state index contributed by atoms with van der Waals surface area (Å²) < 4.78 is 7.62. The zero-order valence-corrected chi connectivity index (χ0v) is 16.8. The molecule has 0 aliphatic carbocycles. The van der Waals surface area contributed by atoms with Crippen LogP contribution in [-0.4, -0.2) is 22.1 Å². The van der Waals surface area contributed by atoms with Crippen LogP contribution in [0.3, 0.4) is 0 Å². The summed E-state index contributed by atoms with van der Waals surface area (Å²) in [6.45, 7) is 2.51. The zero-order valence-electron chi connectivity index (χ0n) is 16.1. The first-order valence-electron chi connectivity index (χ1n) is 9.24. The van der Waals surface area contributed by atoms with Gasteiger partial charge < -0.3 is 14.6 Å². The van der Waals surface area contributed by atoms with Gasteiger partial charge in [-0.3, -0.25) is 4.79 Å². The minimum absolute atomic E-state index is 0.0456. The van der Waals surface area contributed by atoms with Crippen LogP contribution in [0.15, 0.2) is 60.9 Å². The Bertz CT molecular complexity index is 922. The maximum atomic E-state index is 12.5. The van der Waals surface area contributed by atoms with E-state index in [9.17, 15) is 4.79 Å². The van der Waals surface area contributed by atoms with Gasteiger partial charge in [-0.15, -0.1) is 0 Å². The van der Waals surface area contributed by atoms with Gasteiger partial charge >= 0.3 is 0 Å². The molecule has 0 saturated heterocycles. The van der Waals surface area contributed by atoms with Crippen molar-refractivity contribution in [3.8, 4) is 5.75 Å². The van der Waals surface area contributed by atoms with E-state index >= 15 is 0 Å². The smallest absolute Gasteiger partial charge is 0.220 e. The number of amides is 1. The summed E-state index contributed by atoms with van der Waals surface area (Å²) in [6, 6.07) is 15.0. The fourth-order valence-corrected chi connectivity index (χ4v) is 3.09. The van der Waals surface area contributed by atoms with Gasteiger partial charge in [0.1, 0.15) is 17.6 Å². The molecule has 2 aromatic carbocycles. The number of hydrogen-bond acceptors (Lipinski definition) is 3. The number of ether oxygens (including phenoxy) is 1. The molecule has 0 bridgehead atoms. The molecule has 6 heteroatoms. The number of halogens is 1. The van der Waals surface area contributed by atoms with Crippen LogP contribution in [0.5, 0.6) is 5.75 Å². The molecule has 1 heterocycles. The SMILES string of the molecule is Cc1cccc(OCCCC(=O)N[C@@H](c2ccc(Cl)cc2)c2nccn2C)c1. The molecule has 1 N–H and O–H groups in total. The van der Waals surface area contributed by atoms with Crippen molar-refractivity contribution in [1.29, 1.82) is 0 Å². The number of benzene rings is 2. The van der Waals surface area contributed by atoms with Crippen LogP contribution in [-0.2, 0) is 11.8 Å². The van der Waals surface area contributed by atoms with Crippen LogP contribution >= 0.6 is 11.6 Å². The zero-order chi connectivity index (χ0) is 19.9. The highest BCUT2D eigenvalue weighted by Crippen LogP contribution is 2.22. The standard InChI is InChI=1S/C22H24ClN3O2/c1-16-5-3-6-19(15-16)28-14-4-7-20(27)25-21(22-24-12-13-26(22)2)17-8-10-18(23)11-9-17/h3,5-6,8-13,15,21H,4,7,14H2,1-2H3,(H,25,27)/t21-/m0/s1. The van der Waals surface area contributed by atoms with Crippen LogP contribution < -0.4 is 10.1 Å². The molecule has 1 amide bonds. The molecule has 5 nitrogen and oxygen atoms in total. The molecule has 28 heavy (non-hydrogen) atoms. The quantitative estimate of drug-likeness (QED) is 0.571. The highest BCUT2D eigenvalue weighted by molar-refractivity contribution is 6.30. The van der Waals surface area contributed by atoms with Gasteiger partial charge in [-0.25, -0.2) is 4.98 Å². The number of aromatic nitrogens is 2. The third-order valence-corrected chi connectivity index (χ3v) is 4.68. The van der Waals surface area contributed by atoms with E-state index in [1.54, 1.807) is 6.20 Å². The summed E-state index contributed by atoms with van der Waals surface area (Å²) in [5, 5.41) is 3.74. The lowest BCUT2D eigenvalue weighted by molar-refractivity contribution is -0.121. The molecular formula is C22H24ClN3O2. The topological polar surface area (TPSA) is 56.1 Å². The van der Waals surface area contributed by atoms with Crippen molar-refractivity contribution in [1.82, 2.24) is 14.9 Å². The van der Waals surface area contributed by atoms with E-state index in [0.29, 0.717) is 24.5 Å². The van der Waals surface area contributed by atoms with Gasteiger partial charge in [-0.05, 0) is 48.7 Å². The summed E-state index contributed by atoms with van der Waals surface area (Å²) in [6.07, 6.45) is 4.59. The Balaban J connectivity index is 1.58. The Labute approximate surface area is 170 Å². The lowest BCUT2D eigenvalue weighted by Crippen LogP contribution is -2.31. The van der Waals surface area contributed by atoms with Crippen LogP contribution in [0.25, 0.3) is 0 Å². The molecule has 0 aliphatic heterocycles. The van der Waals surface area contributed by atoms with E-state index in [2.05, 4.69) is 10.3 Å². The van der Waals surface area contributed by atoms with Crippen LogP contribution in [0.1, 0.15) is 35.8 Å². The molecule has 0 spiro atoms. The van der Waals surface area contributed by atoms with Crippen molar-refractivity contribution in [3.05, 3.63) is 82.9 Å². The number of rotatable bonds is 8. The number of nitrogens with zero attached hydrogens (tertiary/aromatic N) is 2. The average Bonchev–Trinajstić information content (AvgIpc) is 3.10. The van der Waals surface area contributed by atoms with Crippen molar-refractivity contribution in [2.45, 2.75) is 25.8 Å². The Morgan fingerprint density at radius 2 is 2.04 bits per heavy atom. The van der Waals surface area contributed by atoms with E-state index in [0.717, 1.165) is 22.7 Å². The van der Waals surface area contributed by atoms with Crippen molar-refractivity contribution in [3.63, 3.8) is 0 Å².